The molecule has 1 N–H and O–H groups in total. The van der Waals surface area contributed by atoms with E-state index in [1.165, 1.54) is 18.5 Å². The topological polar surface area (TPSA) is 20.7 Å². The molecule has 0 unspecified atom stereocenters. The molecule has 2 aromatic rings. The predicted molar refractivity (Wildman–Crippen MR) is 72.1 cm³/mol. The third kappa shape index (κ3) is 2.31. The first-order chi connectivity index (χ1) is 8.24. The quantitative estimate of drug-likeness (QED) is 0.827. The summed E-state index contributed by atoms with van der Waals surface area (Å²) in [5.41, 5.74) is 2.36. The van der Waals surface area contributed by atoms with Gasteiger partial charge in [-0.3, -0.25) is 4.68 Å². The van der Waals surface area contributed by atoms with Crippen molar-refractivity contribution >= 4 is 23.8 Å². The van der Waals surface area contributed by atoms with Crippen LogP contribution in [0.1, 0.15) is 30.0 Å². The van der Waals surface area contributed by atoms with Gasteiger partial charge in [-0.25, -0.2) is 0 Å². The van der Waals surface area contributed by atoms with Crippen molar-refractivity contribution in [2.24, 2.45) is 0 Å². The van der Waals surface area contributed by atoms with Crippen LogP contribution in [0.3, 0.4) is 0 Å². The van der Waals surface area contributed by atoms with Crippen molar-refractivity contribution in [2.75, 3.05) is 0 Å². The summed E-state index contributed by atoms with van der Waals surface area (Å²) in [6, 6.07) is 9.95. The van der Waals surface area contributed by atoms with Gasteiger partial charge in [-0.15, -0.1) is 0 Å². The summed E-state index contributed by atoms with van der Waals surface area (Å²) in [5.74, 6) is 0.698. The smallest absolute Gasteiger partial charge is 0.122 e. The van der Waals surface area contributed by atoms with Crippen LogP contribution in [0.2, 0.25) is 5.02 Å². The average molecular weight is 265 g/mol. The van der Waals surface area contributed by atoms with Gasteiger partial charge < -0.3 is 5.10 Å². The average Bonchev–Trinajstić information content (AvgIpc) is 3.09. The van der Waals surface area contributed by atoms with Gasteiger partial charge in [-0.1, -0.05) is 42.0 Å². The highest BCUT2D eigenvalue weighted by molar-refractivity contribution is 7.71. The van der Waals surface area contributed by atoms with Crippen molar-refractivity contribution < 1.29 is 0 Å². The van der Waals surface area contributed by atoms with Gasteiger partial charge in [0.2, 0.25) is 0 Å². The molecule has 1 aliphatic rings. The predicted octanol–water partition coefficient (Wildman–Crippen LogP) is 4.12. The highest BCUT2D eigenvalue weighted by atomic mass is 35.5. The molecule has 1 aromatic carbocycles. The lowest BCUT2D eigenvalue weighted by Crippen LogP contribution is -2.02. The first-order valence-electron chi connectivity index (χ1n) is 5.77. The molecule has 4 heteroatoms. The number of hydrogen-bond acceptors (Lipinski definition) is 1. The van der Waals surface area contributed by atoms with Gasteiger partial charge in [0.15, 0.2) is 0 Å². The van der Waals surface area contributed by atoms with Crippen molar-refractivity contribution in [3.8, 4) is 0 Å². The lowest BCUT2D eigenvalue weighted by Gasteiger charge is -2.05. The molecule has 88 valence electrons. The molecule has 0 atom stereocenters. The lowest BCUT2D eigenvalue weighted by molar-refractivity contribution is 0.664. The van der Waals surface area contributed by atoms with E-state index in [2.05, 4.69) is 11.2 Å². The number of H-pyrrole nitrogens is 1. The van der Waals surface area contributed by atoms with Crippen LogP contribution in [0.5, 0.6) is 0 Å². The molecule has 0 radical (unpaired) electrons. The summed E-state index contributed by atoms with van der Waals surface area (Å²) in [6.45, 7) is 0.714. The van der Waals surface area contributed by atoms with E-state index in [0.717, 1.165) is 15.2 Å². The lowest BCUT2D eigenvalue weighted by atomic mass is 10.2. The van der Waals surface area contributed by atoms with Crippen LogP contribution >= 0.6 is 23.8 Å². The fourth-order valence-electron chi connectivity index (χ4n) is 1.97. The van der Waals surface area contributed by atoms with E-state index in [9.17, 15) is 0 Å². The number of benzene rings is 1. The van der Waals surface area contributed by atoms with Crippen molar-refractivity contribution in [2.45, 2.75) is 25.3 Å². The first kappa shape index (κ1) is 11.1. The first-order valence-corrected chi connectivity index (χ1v) is 6.56. The van der Waals surface area contributed by atoms with Gasteiger partial charge >= 0.3 is 0 Å². The summed E-state index contributed by atoms with van der Waals surface area (Å²) in [7, 11) is 0. The summed E-state index contributed by atoms with van der Waals surface area (Å²) in [6.07, 6.45) is 2.56. The minimum Gasteiger partial charge on any atom is -0.301 e. The Labute approximate surface area is 110 Å². The van der Waals surface area contributed by atoms with Crippen LogP contribution in [0, 0.1) is 4.64 Å². The number of halogens is 1. The minimum absolute atomic E-state index is 0.698. The zero-order valence-corrected chi connectivity index (χ0v) is 10.9. The summed E-state index contributed by atoms with van der Waals surface area (Å²) >= 11 is 11.5. The molecule has 1 heterocycles. The van der Waals surface area contributed by atoms with E-state index in [1.807, 2.05) is 28.9 Å². The molecule has 17 heavy (non-hydrogen) atoms. The Morgan fingerprint density at radius 3 is 2.82 bits per heavy atom. The maximum Gasteiger partial charge on any atom is 0.122 e. The van der Waals surface area contributed by atoms with E-state index in [1.54, 1.807) is 0 Å². The molecule has 0 bridgehead atoms. The summed E-state index contributed by atoms with van der Waals surface area (Å²) in [4.78, 5) is 0. The summed E-state index contributed by atoms with van der Waals surface area (Å²) < 4.78 is 2.84. The molecule has 1 fully saturated rings. The van der Waals surface area contributed by atoms with Crippen LogP contribution < -0.4 is 0 Å². The second-order valence-corrected chi connectivity index (χ2v) is 5.33. The molecule has 0 spiro atoms. The Kier molecular flexibility index (Phi) is 2.81. The Bertz CT molecular complexity index is 595. The molecule has 1 saturated carbocycles. The zero-order chi connectivity index (χ0) is 11.8. The third-order valence-electron chi connectivity index (χ3n) is 3.11. The van der Waals surface area contributed by atoms with Gasteiger partial charge in [0.25, 0.3) is 0 Å². The maximum absolute atomic E-state index is 6.15. The molecule has 1 aliphatic carbocycles. The summed E-state index contributed by atoms with van der Waals surface area (Å²) in [5, 5.41) is 4.16. The molecular formula is C13H13ClN2S. The van der Waals surface area contributed by atoms with Crippen molar-refractivity contribution in [3.63, 3.8) is 0 Å². The number of nitrogens with one attached hydrogen (secondary N) is 1. The second-order valence-electron chi connectivity index (χ2n) is 4.50. The number of rotatable bonds is 3. The van der Waals surface area contributed by atoms with Gasteiger partial charge in [-0.05, 0) is 30.5 Å². The van der Waals surface area contributed by atoms with Crippen molar-refractivity contribution in [3.05, 3.63) is 51.3 Å². The molecule has 1 aromatic heterocycles. The minimum atomic E-state index is 0.698. The monoisotopic (exact) mass is 264 g/mol. The molecule has 0 amide bonds. The second kappa shape index (κ2) is 4.31. The number of nitrogens with zero attached hydrogens (tertiary/aromatic N) is 1. The number of hydrogen-bond donors (Lipinski definition) is 1. The van der Waals surface area contributed by atoms with Gasteiger partial charge in [0.05, 0.1) is 6.54 Å². The molecular weight excluding hydrogens is 252 g/mol. The Morgan fingerprint density at radius 2 is 2.12 bits per heavy atom. The maximum atomic E-state index is 6.15. The molecule has 0 aliphatic heterocycles. The molecule has 3 rings (SSSR count). The molecule has 2 nitrogen and oxygen atoms in total. The van der Waals surface area contributed by atoms with Crippen LogP contribution in [0.15, 0.2) is 30.3 Å². The van der Waals surface area contributed by atoms with E-state index >= 15 is 0 Å². The van der Waals surface area contributed by atoms with Gasteiger partial charge in [-0.2, -0.15) is 0 Å². The number of aromatic amines is 1. The SMILES string of the molecule is S=c1cc(C2CC2)[nH]n1Cc1ccccc1Cl. The number of aromatic nitrogens is 2. The van der Waals surface area contributed by atoms with Crippen molar-refractivity contribution in [1.29, 1.82) is 0 Å². The largest absolute Gasteiger partial charge is 0.301 e. The molecule has 0 saturated heterocycles. The third-order valence-corrected chi connectivity index (χ3v) is 3.82. The van der Waals surface area contributed by atoms with E-state index in [4.69, 9.17) is 23.8 Å². The Balaban J connectivity index is 1.90. The van der Waals surface area contributed by atoms with Gasteiger partial charge in [0.1, 0.15) is 4.64 Å². The van der Waals surface area contributed by atoms with Crippen LogP contribution in [0.4, 0.5) is 0 Å². The fraction of sp³-hybridized carbons (Fsp3) is 0.308. The Morgan fingerprint density at radius 1 is 1.35 bits per heavy atom. The normalized spacial score (nSPS) is 15.1. The highest BCUT2D eigenvalue weighted by Gasteiger charge is 2.25. The van der Waals surface area contributed by atoms with Crippen LogP contribution in [-0.2, 0) is 6.54 Å². The van der Waals surface area contributed by atoms with E-state index in [0.29, 0.717) is 12.5 Å². The fourth-order valence-corrected chi connectivity index (χ4v) is 2.40. The van der Waals surface area contributed by atoms with E-state index < -0.39 is 0 Å². The Hall–Kier alpha value is -1.06. The van der Waals surface area contributed by atoms with Crippen molar-refractivity contribution in [1.82, 2.24) is 9.78 Å². The van der Waals surface area contributed by atoms with Gasteiger partial charge in [0, 0.05) is 16.6 Å². The van der Waals surface area contributed by atoms with E-state index in [-0.39, 0.29) is 0 Å². The standard InChI is InChI=1S/C13H13ClN2S/c14-11-4-2-1-3-10(11)8-16-13(17)7-12(15-16)9-5-6-9/h1-4,7,9,15H,5-6,8H2. The highest BCUT2D eigenvalue weighted by Crippen LogP contribution is 2.39. The van der Waals surface area contributed by atoms with Crippen LogP contribution in [-0.4, -0.2) is 9.78 Å². The zero-order valence-electron chi connectivity index (χ0n) is 9.32. The van der Waals surface area contributed by atoms with Crippen LogP contribution in [0.25, 0.3) is 0 Å².